The number of imidazole rings is 1. The third-order valence-electron chi connectivity index (χ3n) is 4.70. The molecule has 7 nitrogen and oxygen atoms in total. The first-order chi connectivity index (χ1) is 12.7. The van der Waals surface area contributed by atoms with Crippen molar-refractivity contribution in [3.63, 3.8) is 0 Å². The molecule has 1 aromatic heterocycles. The van der Waals surface area contributed by atoms with Gasteiger partial charge in [-0.3, -0.25) is 4.99 Å². The lowest BCUT2D eigenvalue weighted by molar-refractivity contribution is 0.0536. The van der Waals surface area contributed by atoms with E-state index in [1.807, 2.05) is 19.3 Å². The monoisotopic (exact) mass is 365 g/mol. The fourth-order valence-corrected chi connectivity index (χ4v) is 3.20. The highest BCUT2D eigenvalue weighted by Gasteiger charge is 2.24. The summed E-state index contributed by atoms with van der Waals surface area (Å²) in [7, 11) is 1.70. The van der Waals surface area contributed by atoms with E-state index in [9.17, 15) is 0 Å². The van der Waals surface area contributed by atoms with Crippen molar-refractivity contribution in [3.8, 4) is 0 Å². The van der Waals surface area contributed by atoms with Crippen LogP contribution < -0.4 is 5.32 Å². The number of aryl methyl sites for hydroxylation is 2. The number of nitrogens with one attached hydrogen (secondary N) is 1. The van der Waals surface area contributed by atoms with Crippen molar-refractivity contribution in [2.45, 2.75) is 39.7 Å². The minimum atomic E-state index is 0.583. The van der Waals surface area contributed by atoms with Crippen molar-refractivity contribution in [2.75, 3.05) is 53.1 Å². The summed E-state index contributed by atoms with van der Waals surface area (Å²) >= 11 is 0. The topological polar surface area (TPSA) is 63.9 Å². The minimum absolute atomic E-state index is 0.583. The molecule has 1 atom stereocenters. The van der Waals surface area contributed by atoms with E-state index in [4.69, 9.17) is 14.5 Å². The van der Waals surface area contributed by atoms with E-state index in [0.29, 0.717) is 19.1 Å². The molecule has 0 saturated carbocycles. The first kappa shape index (κ1) is 20.7. The van der Waals surface area contributed by atoms with Gasteiger partial charge in [-0.1, -0.05) is 0 Å². The Balaban J connectivity index is 1.69. The predicted molar refractivity (Wildman–Crippen MR) is 105 cm³/mol. The zero-order chi connectivity index (χ0) is 18.6. The van der Waals surface area contributed by atoms with Gasteiger partial charge in [0.15, 0.2) is 5.96 Å². The first-order valence-corrected chi connectivity index (χ1v) is 9.82. The van der Waals surface area contributed by atoms with Gasteiger partial charge in [0.2, 0.25) is 0 Å². The molecule has 0 bridgehead atoms. The van der Waals surface area contributed by atoms with Crippen LogP contribution in [0.3, 0.4) is 0 Å². The van der Waals surface area contributed by atoms with Crippen LogP contribution in [0, 0.1) is 12.8 Å². The maximum absolute atomic E-state index is 5.68. The molecule has 1 saturated heterocycles. The largest absolute Gasteiger partial charge is 0.382 e. The summed E-state index contributed by atoms with van der Waals surface area (Å²) < 4.78 is 12.9. The van der Waals surface area contributed by atoms with Crippen molar-refractivity contribution in [3.05, 3.63) is 18.2 Å². The van der Waals surface area contributed by atoms with Crippen LogP contribution in [0.5, 0.6) is 0 Å². The van der Waals surface area contributed by atoms with Crippen LogP contribution in [0.15, 0.2) is 17.4 Å². The lowest BCUT2D eigenvalue weighted by Crippen LogP contribution is -2.40. The summed E-state index contributed by atoms with van der Waals surface area (Å²) in [4.78, 5) is 11.5. The summed E-state index contributed by atoms with van der Waals surface area (Å²) in [5.41, 5.74) is 0. The maximum atomic E-state index is 5.68. The molecule has 0 amide bonds. The molecule has 148 valence electrons. The molecule has 1 unspecified atom stereocenters. The number of guanidine groups is 1. The maximum Gasteiger partial charge on any atom is 0.193 e. The molecule has 0 spiro atoms. The average Bonchev–Trinajstić information content (AvgIpc) is 3.27. The number of hydrogen-bond acceptors (Lipinski definition) is 4. The summed E-state index contributed by atoms with van der Waals surface area (Å²) in [6, 6.07) is 0. The second-order valence-electron chi connectivity index (χ2n) is 6.78. The van der Waals surface area contributed by atoms with Crippen LogP contribution in [-0.2, 0) is 16.0 Å². The summed E-state index contributed by atoms with van der Waals surface area (Å²) in [6.07, 6.45) is 7.28. The molecule has 26 heavy (non-hydrogen) atoms. The number of aromatic nitrogens is 2. The molecule has 1 aromatic rings. The Bertz CT molecular complexity index is 532. The molecule has 0 aliphatic carbocycles. The zero-order valence-corrected chi connectivity index (χ0v) is 16.6. The van der Waals surface area contributed by atoms with Gasteiger partial charge in [-0.15, -0.1) is 0 Å². The number of ether oxygens (including phenoxy) is 2. The van der Waals surface area contributed by atoms with Gasteiger partial charge >= 0.3 is 0 Å². The Labute approximate surface area is 157 Å². The number of aliphatic imine (C=N–C) groups is 1. The summed E-state index contributed by atoms with van der Waals surface area (Å²) in [6.45, 7) is 11.2. The van der Waals surface area contributed by atoms with Gasteiger partial charge in [0.05, 0.1) is 19.8 Å². The van der Waals surface area contributed by atoms with Gasteiger partial charge in [0, 0.05) is 58.1 Å². The highest BCUT2D eigenvalue weighted by atomic mass is 16.5. The molecule has 1 aliphatic heterocycles. The molecular formula is C19H35N5O2. The van der Waals surface area contributed by atoms with Gasteiger partial charge in [-0.05, 0) is 33.1 Å². The quantitative estimate of drug-likeness (QED) is 0.369. The second kappa shape index (κ2) is 11.9. The van der Waals surface area contributed by atoms with E-state index in [0.717, 1.165) is 70.4 Å². The highest BCUT2D eigenvalue weighted by molar-refractivity contribution is 5.80. The molecule has 0 radical (unpaired) electrons. The first-order valence-electron chi connectivity index (χ1n) is 9.82. The van der Waals surface area contributed by atoms with Crippen LogP contribution >= 0.6 is 0 Å². The summed E-state index contributed by atoms with van der Waals surface area (Å²) in [5, 5.41) is 3.43. The Morgan fingerprint density at radius 3 is 3.00 bits per heavy atom. The van der Waals surface area contributed by atoms with Crippen molar-refractivity contribution in [1.29, 1.82) is 0 Å². The van der Waals surface area contributed by atoms with Gasteiger partial charge in [0.25, 0.3) is 0 Å². The van der Waals surface area contributed by atoms with Crippen molar-refractivity contribution in [2.24, 2.45) is 10.9 Å². The van der Waals surface area contributed by atoms with Gasteiger partial charge in [-0.2, -0.15) is 0 Å². The third-order valence-corrected chi connectivity index (χ3v) is 4.70. The smallest absolute Gasteiger partial charge is 0.193 e. The van der Waals surface area contributed by atoms with Crippen molar-refractivity contribution < 1.29 is 9.47 Å². The number of nitrogens with zero attached hydrogens (tertiary/aromatic N) is 4. The van der Waals surface area contributed by atoms with E-state index in [-0.39, 0.29) is 0 Å². The number of rotatable bonds is 11. The molecule has 2 rings (SSSR count). The normalized spacial score (nSPS) is 17.9. The van der Waals surface area contributed by atoms with E-state index < -0.39 is 0 Å². The number of methoxy groups -OCH3 is 1. The molecule has 1 aliphatic rings. The van der Waals surface area contributed by atoms with Crippen molar-refractivity contribution >= 4 is 5.96 Å². The number of likely N-dealkylation sites (tertiary alicyclic amines) is 1. The van der Waals surface area contributed by atoms with E-state index >= 15 is 0 Å². The van der Waals surface area contributed by atoms with Crippen LogP contribution in [0.4, 0.5) is 0 Å². The Hall–Kier alpha value is -1.60. The van der Waals surface area contributed by atoms with E-state index in [1.54, 1.807) is 7.11 Å². The van der Waals surface area contributed by atoms with Gasteiger partial charge in [-0.25, -0.2) is 4.98 Å². The molecule has 7 heteroatoms. The average molecular weight is 366 g/mol. The predicted octanol–water partition coefficient (Wildman–Crippen LogP) is 1.92. The van der Waals surface area contributed by atoms with Gasteiger partial charge < -0.3 is 24.3 Å². The fourth-order valence-electron chi connectivity index (χ4n) is 3.20. The third kappa shape index (κ3) is 6.96. The van der Waals surface area contributed by atoms with Crippen LogP contribution in [0.25, 0.3) is 0 Å². The molecule has 1 fully saturated rings. The SMILES string of the molecule is CCNC(=NCCCCn1ccnc1C)N1CCC(COCCOC)C1. The zero-order valence-electron chi connectivity index (χ0n) is 16.6. The Morgan fingerprint density at radius 2 is 2.27 bits per heavy atom. The van der Waals surface area contributed by atoms with Crippen molar-refractivity contribution in [1.82, 2.24) is 19.8 Å². The van der Waals surface area contributed by atoms with Crippen LogP contribution in [0.1, 0.15) is 32.0 Å². The van der Waals surface area contributed by atoms with E-state index in [2.05, 4.69) is 26.7 Å². The molecule has 0 aromatic carbocycles. The number of unbranched alkanes of at least 4 members (excludes halogenated alkanes) is 1. The van der Waals surface area contributed by atoms with Crippen LogP contribution in [0.2, 0.25) is 0 Å². The van der Waals surface area contributed by atoms with Crippen LogP contribution in [-0.4, -0.2) is 73.5 Å². The molecular weight excluding hydrogens is 330 g/mol. The molecule has 2 heterocycles. The minimum Gasteiger partial charge on any atom is -0.382 e. The Kier molecular flexibility index (Phi) is 9.48. The lowest BCUT2D eigenvalue weighted by Gasteiger charge is -2.21. The van der Waals surface area contributed by atoms with Gasteiger partial charge in [0.1, 0.15) is 5.82 Å². The highest BCUT2D eigenvalue weighted by Crippen LogP contribution is 2.16. The molecule has 1 N–H and O–H groups in total. The summed E-state index contributed by atoms with van der Waals surface area (Å²) in [5.74, 6) is 2.71. The fraction of sp³-hybridized carbons (Fsp3) is 0.789. The Morgan fingerprint density at radius 1 is 1.38 bits per heavy atom. The lowest BCUT2D eigenvalue weighted by atomic mass is 10.1. The van der Waals surface area contributed by atoms with E-state index in [1.165, 1.54) is 0 Å². The second-order valence-corrected chi connectivity index (χ2v) is 6.78. The standard InChI is InChI=1S/C19H35N5O2/c1-4-20-19(22-8-5-6-10-23-12-9-21-17(23)2)24-11-7-18(15-24)16-26-14-13-25-3/h9,12,18H,4-8,10-11,13-16H2,1-3H3,(H,20,22). The number of hydrogen-bond donors (Lipinski definition) is 1.